The van der Waals surface area contributed by atoms with Crippen molar-refractivity contribution in [1.82, 2.24) is 0 Å². The van der Waals surface area contributed by atoms with Crippen LogP contribution in [0.25, 0.3) is 0 Å². The first-order valence-corrected chi connectivity index (χ1v) is 6.33. The van der Waals surface area contributed by atoms with Crippen molar-refractivity contribution >= 4 is 17.4 Å². The molecular weight excluding hydrogens is 206 g/mol. The summed E-state index contributed by atoms with van der Waals surface area (Å²) in [6, 6.07) is 5.93. The molecule has 0 saturated heterocycles. The molecule has 0 saturated carbocycles. The number of nitrogens with two attached hydrogens (primary N) is 1. The number of benzene rings is 1. The second-order valence-corrected chi connectivity index (χ2v) is 4.56. The highest BCUT2D eigenvalue weighted by molar-refractivity contribution is 7.99. The first-order chi connectivity index (χ1) is 7.29. The minimum absolute atomic E-state index is 0.765. The van der Waals surface area contributed by atoms with Crippen LogP contribution in [0.15, 0.2) is 23.1 Å². The van der Waals surface area contributed by atoms with E-state index in [0.717, 1.165) is 22.1 Å². The third kappa shape index (κ3) is 3.67. The predicted molar refractivity (Wildman–Crippen MR) is 67.7 cm³/mol. The highest BCUT2D eigenvalue weighted by atomic mass is 32.2. The SMILES string of the molecule is CCCCCSc1cccc(OC)c1N. The van der Waals surface area contributed by atoms with Crippen LogP contribution in [0.1, 0.15) is 26.2 Å². The van der Waals surface area contributed by atoms with Crippen molar-refractivity contribution in [1.29, 1.82) is 0 Å². The topological polar surface area (TPSA) is 35.2 Å². The van der Waals surface area contributed by atoms with Crippen LogP contribution in [0.5, 0.6) is 5.75 Å². The van der Waals surface area contributed by atoms with Gasteiger partial charge in [0.2, 0.25) is 0 Å². The summed E-state index contributed by atoms with van der Waals surface area (Å²) in [5.74, 6) is 1.90. The molecule has 2 nitrogen and oxygen atoms in total. The van der Waals surface area contributed by atoms with Crippen LogP contribution in [-0.4, -0.2) is 12.9 Å². The Morgan fingerprint density at radius 2 is 2.13 bits per heavy atom. The lowest BCUT2D eigenvalue weighted by molar-refractivity contribution is 0.416. The molecular formula is C12H19NOS. The van der Waals surface area contributed by atoms with Gasteiger partial charge >= 0.3 is 0 Å². The average Bonchev–Trinajstić information content (AvgIpc) is 2.26. The van der Waals surface area contributed by atoms with Crippen LogP contribution >= 0.6 is 11.8 Å². The third-order valence-corrected chi connectivity index (χ3v) is 3.41. The normalized spacial score (nSPS) is 10.3. The van der Waals surface area contributed by atoms with E-state index in [0.29, 0.717) is 0 Å². The molecule has 2 N–H and O–H groups in total. The summed E-state index contributed by atoms with van der Waals surface area (Å²) in [4.78, 5) is 1.13. The molecule has 1 rings (SSSR count). The maximum atomic E-state index is 5.96. The fourth-order valence-corrected chi connectivity index (χ4v) is 2.36. The summed E-state index contributed by atoms with van der Waals surface area (Å²) in [7, 11) is 1.65. The van der Waals surface area contributed by atoms with Crippen LogP contribution in [0, 0.1) is 0 Å². The molecule has 1 aromatic rings. The highest BCUT2D eigenvalue weighted by Crippen LogP contribution is 2.32. The van der Waals surface area contributed by atoms with Gasteiger partial charge < -0.3 is 10.5 Å². The Hall–Kier alpha value is -0.830. The van der Waals surface area contributed by atoms with Crippen LogP contribution < -0.4 is 10.5 Å². The molecule has 84 valence electrons. The molecule has 0 spiro atoms. The van der Waals surface area contributed by atoms with Crippen molar-refractivity contribution in [2.45, 2.75) is 31.1 Å². The molecule has 15 heavy (non-hydrogen) atoms. The lowest BCUT2D eigenvalue weighted by Gasteiger charge is -2.09. The second-order valence-electron chi connectivity index (χ2n) is 3.43. The summed E-state index contributed by atoms with van der Waals surface area (Å²) in [6.07, 6.45) is 3.79. The summed E-state index contributed by atoms with van der Waals surface area (Å²) in [6.45, 7) is 2.21. The Balaban J connectivity index is 2.53. The first-order valence-electron chi connectivity index (χ1n) is 5.34. The molecule has 1 aromatic carbocycles. The molecule has 0 bridgehead atoms. The van der Waals surface area contributed by atoms with Crippen LogP contribution in [0.2, 0.25) is 0 Å². The van der Waals surface area contributed by atoms with Crippen molar-refractivity contribution in [3.05, 3.63) is 18.2 Å². The van der Waals surface area contributed by atoms with Gasteiger partial charge in [-0.05, 0) is 24.3 Å². The quantitative estimate of drug-likeness (QED) is 0.457. The van der Waals surface area contributed by atoms with Gasteiger partial charge in [-0.1, -0.05) is 25.8 Å². The van der Waals surface area contributed by atoms with Crippen molar-refractivity contribution in [3.8, 4) is 5.75 Å². The monoisotopic (exact) mass is 225 g/mol. The second kappa shape index (κ2) is 6.62. The number of hydrogen-bond donors (Lipinski definition) is 1. The number of para-hydroxylation sites is 1. The fourth-order valence-electron chi connectivity index (χ4n) is 1.36. The molecule has 0 aliphatic carbocycles. The number of ether oxygens (including phenoxy) is 1. The molecule has 0 heterocycles. The van der Waals surface area contributed by atoms with E-state index >= 15 is 0 Å². The Morgan fingerprint density at radius 1 is 1.33 bits per heavy atom. The van der Waals surface area contributed by atoms with Crippen LogP contribution in [0.4, 0.5) is 5.69 Å². The van der Waals surface area contributed by atoms with Crippen LogP contribution in [-0.2, 0) is 0 Å². The van der Waals surface area contributed by atoms with Crippen molar-refractivity contribution in [2.24, 2.45) is 0 Å². The van der Waals surface area contributed by atoms with Gasteiger partial charge in [-0.15, -0.1) is 11.8 Å². The number of anilines is 1. The van der Waals surface area contributed by atoms with Gasteiger partial charge in [-0.2, -0.15) is 0 Å². The maximum absolute atomic E-state index is 5.96. The molecule has 3 heteroatoms. The molecule has 0 radical (unpaired) electrons. The van der Waals surface area contributed by atoms with Gasteiger partial charge in [0.15, 0.2) is 0 Å². The lowest BCUT2D eigenvalue weighted by Crippen LogP contribution is -1.94. The van der Waals surface area contributed by atoms with E-state index < -0.39 is 0 Å². The Kier molecular flexibility index (Phi) is 5.40. The fraction of sp³-hybridized carbons (Fsp3) is 0.500. The van der Waals surface area contributed by atoms with Crippen molar-refractivity contribution in [3.63, 3.8) is 0 Å². The number of unbranched alkanes of at least 4 members (excludes halogenated alkanes) is 2. The average molecular weight is 225 g/mol. The molecule has 0 unspecified atom stereocenters. The molecule has 0 aliphatic rings. The van der Waals surface area contributed by atoms with Gasteiger partial charge in [0.1, 0.15) is 5.75 Å². The zero-order valence-corrected chi connectivity index (χ0v) is 10.3. The summed E-state index contributed by atoms with van der Waals surface area (Å²) in [5.41, 5.74) is 6.73. The molecule has 0 amide bonds. The standard InChI is InChI=1S/C12H19NOS/c1-3-4-5-9-15-11-8-6-7-10(14-2)12(11)13/h6-8H,3-5,9,13H2,1-2H3. The number of hydrogen-bond acceptors (Lipinski definition) is 3. The Morgan fingerprint density at radius 3 is 2.80 bits per heavy atom. The first kappa shape index (κ1) is 12.2. The van der Waals surface area contributed by atoms with E-state index in [2.05, 4.69) is 13.0 Å². The van der Waals surface area contributed by atoms with Crippen molar-refractivity contribution < 1.29 is 4.74 Å². The third-order valence-electron chi connectivity index (χ3n) is 2.25. The smallest absolute Gasteiger partial charge is 0.142 e. The Bertz CT molecular complexity index is 302. The van der Waals surface area contributed by atoms with E-state index in [1.54, 1.807) is 7.11 Å². The minimum Gasteiger partial charge on any atom is -0.495 e. The van der Waals surface area contributed by atoms with Gasteiger partial charge in [0.25, 0.3) is 0 Å². The minimum atomic E-state index is 0.765. The summed E-state index contributed by atoms with van der Waals surface area (Å²) < 4.78 is 5.17. The highest BCUT2D eigenvalue weighted by Gasteiger charge is 2.04. The van der Waals surface area contributed by atoms with Gasteiger partial charge in [-0.3, -0.25) is 0 Å². The van der Waals surface area contributed by atoms with Gasteiger partial charge in [-0.25, -0.2) is 0 Å². The van der Waals surface area contributed by atoms with Crippen LogP contribution in [0.3, 0.4) is 0 Å². The van der Waals surface area contributed by atoms with E-state index in [-0.39, 0.29) is 0 Å². The number of methoxy groups -OCH3 is 1. The summed E-state index contributed by atoms with van der Waals surface area (Å²) in [5, 5.41) is 0. The summed E-state index contributed by atoms with van der Waals surface area (Å²) >= 11 is 1.81. The molecule has 0 aliphatic heterocycles. The van der Waals surface area contributed by atoms with E-state index in [1.807, 2.05) is 23.9 Å². The van der Waals surface area contributed by atoms with Crippen molar-refractivity contribution in [2.75, 3.05) is 18.6 Å². The molecule has 0 fully saturated rings. The van der Waals surface area contributed by atoms with E-state index in [4.69, 9.17) is 10.5 Å². The zero-order chi connectivity index (χ0) is 11.1. The van der Waals surface area contributed by atoms with E-state index in [1.165, 1.54) is 19.3 Å². The van der Waals surface area contributed by atoms with Gasteiger partial charge in [0.05, 0.1) is 12.8 Å². The zero-order valence-electron chi connectivity index (χ0n) is 9.45. The van der Waals surface area contributed by atoms with Gasteiger partial charge in [0, 0.05) is 4.90 Å². The number of thioether (sulfide) groups is 1. The number of rotatable bonds is 6. The number of nitrogen functional groups attached to an aromatic ring is 1. The largest absolute Gasteiger partial charge is 0.495 e. The molecule has 0 atom stereocenters. The molecule has 0 aromatic heterocycles. The predicted octanol–water partition coefficient (Wildman–Crippen LogP) is 3.56. The van der Waals surface area contributed by atoms with E-state index in [9.17, 15) is 0 Å². The maximum Gasteiger partial charge on any atom is 0.142 e. The lowest BCUT2D eigenvalue weighted by atomic mass is 10.3. The Labute approximate surface area is 96.2 Å².